The summed E-state index contributed by atoms with van der Waals surface area (Å²) in [5.41, 5.74) is 2.91. The number of hydrogen-bond donors (Lipinski definition) is 0. The molecule has 2 aromatic rings. The van der Waals surface area contributed by atoms with Gasteiger partial charge in [0.25, 0.3) is 0 Å². The highest BCUT2D eigenvalue weighted by Gasteiger charge is 2.32. The van der Waals surface area contributed by atoms with Crippen molar-refractivity contribution in [3.8, 4) is 0 Å². The lowest BCUT2D eigenvalue weighted by Crippen LogP contribution is -2.25. The SMILES string of the molecule is CCCCC1CCC(C2CCC(c3ccc(C4CCC(c5ccc(F)c(F)c5)CC4)c(F)c3)CC2)CC1. The molecule has 3 fully saturated rings. The Morgan fingerprint density at radius 3 is 1.65 bits per heavy atom. The largest absolute Gasteiger partial charge is 0.207 e. The number of rotatable bonds is 7. The van der Waals surface area contributed by atoms with E-state index in [0.29, 0.717) is 5.92 Å². The minimum atomic E-state index is -0.794. The number of hydrogen-bond acceptors (Lipinski definition) is 0. The monoisotopic (exact) mass is 510 g/mol. The third-order valence-corrected chi connectivity index (χ3v) is 10.4. The molecule has 0 saturated heterocycles. The second-order valence-electron chi connectivity index (χ2n) is 12.5. The molecule has 0 unspecified atom stereocenters. The van der Waals surface area contributed by atoms with Gasteiger partial charge in [-0.1, -0.05) is 57.2 Å². The van der Waals surface area contributed by atoms with E-state index in [2.05, 4.69) is 19.1 Å². The van der Waals surface area contributed by atoms with Gasteiger partial charge in [-0.3, -0.25) is 0 Å². The summed E-state index contributed by atoms with van der Waals surface area (Å²) in [5.74, 6) is 2.15. The quantitative estimate of drug-likeness (QED) is 0.347. The van der Waals surface area contributed by atoms with Crippen LogP contribution in [0.5, 0.6) is 0 Å². The summed E-state index contributed by atoms with van der Waals surface area (Å²) in [5, 5.41) is 0. The standard InChI is InChI=1S/C34H45F3/c1-2-3-4-23-5-7-24(8-6-23)25-9-11-26(12-10-25)29-17-19-31(33(36)21-29)28-15-13-27(14-16-28)30-18-20-32(35)34(37)22-30/h17-28H,2-16H2,1H3. The average molecular weight is 511 g/mol. The van der Waals surface area contributed by atoms with Crippen LogP contribution in [0.3, 0.4) is 0 Å². The van der Waals surface area contributed by atoms with Crippen molar-refractivity contribution in [2.75, 3.05) is 0 Å². The van der Waals surface area contributed by atoms with Gasteiger partial charge in [0.2, 0.25) is 0 Å². The third-order valence-electron chi connectivity index (χ3n) is 10.4. The van der Waals surface area contributed by atoms with Crippen LogP contribution in [0.4, 0.5) is 13.2 Å². The molecule has 3 aliphatic rings. The highest BCUT2D eigenvalue weighted by atomic mass is 19.2. The first-order valence-electron chi connectivity index (χ1n) is 15.3. The van der Waals surface area contributed by atoms with E-state index in [4.69, 9.17) is 0 Å². The molecule has 202 valence electrons. The van der Waals surface area contributed by atoms with Gasteiger partial charge in [0.15, 0.2) is 11.6 Å². The number of benzene rings is 2. The molecule has 3 saturated carbocycles. The Kier molecular flexibility index (Phi) is 8.98. The molecular weight excluding hydrogens is 465 g/mol. The van der Waals surface area contributed by atoms with Crippen LogP contribution in [0.25, 0.3) is 0 Å². The summed E-state index contributed by atoms with van der Waals surface area (Å²) in [4.78, 5) is 0. The highest BCUT2D eigenvalue weighted by molar-refractivity contribution is 5.31. The predicted octanol–water partition coefficient (Wildman–Crippen LogP) is 10.8. The maximum absolute atomic E-state index is 15.3. The van der Waals surface area contributed by atoms with Crippen LogP contribution in [-0.2, 0) is 0 Å². The molecule has 0 aromatic heterocycles. The van der Waals surface area contributed by atoms with E-state index in [0.717, 1.165) is 54.6 Å². The lowest BCUT2D eigenvalue weighted by Gasteiger charge is -2.38. The molecule has 3 aliphatic carbocycles. The Labute approximate surface area is 222 Å². The van der Waals surface area contributed by atoms with Crippen molar-refractivity contribution in [3.05, 3.63) is 70.5 Å². The summed E-state index contributed by atoms with van der Waals surface area (Å²) in [6.07, 6.45) is 18.5. The zero-order valence-electron chi connectivity index (χ0n) is 22.7. The van der Waals surface area contributed by atoms with Crippen LogP contribution in [-0.4, -0.2) is 0 Å². The van der Waals surface area contributed by atoms with Crippen LogP contribution < -0.4 is 0 Å². The van der Waals surface area contributed by atoms with E-state index in [1.165, 1.54) is 88.3 Å². The molecule has 0 atom stereocenters. The van der Waals surface area contributed by atoms with Gasteiger partial charge in [-0.05, 0) is 135 Å². The molecule has 2 aromatic carbocycles. The highest BCUT2D eigenvalue weighted by Crippen LogP contribution is 2.46. The van der Waals surface area contributed by atoms with Gasteiger partial charge >= 0.3 is 0 Å². The zero-order valence-corrected chi connectivity index (χ0v) is 22.7. The van der Waals surface area contributed by atoms with E-state index in [1.54, 1.807) is 6.07 Å². The van der Waals surface area contributed by atoms with E-state index in [9.17, 15) is 8.78 Å². The van der Waals surface area contributed by atoms with Gasteiger partial charge < -0.3 is 0 Å². The van der Waals surface area contributed by atoms with Gasteiger partial charge in [-0.25, -0.2) is 13.2 Å². The first kappa shape index (κ1) is 26.8. The molecule has 0 nitrogen and oxygen atoms in total. The molecular formula is C34H45F3. The predicted molar refractivity (Wildman–Crippen MR) is 146 cm³/mol. The van der Waals surface area contributed by atoms with Crippen molar-refractivity contribution >= 4 is 0 Å². The van der Waals surface area contributed by atoms with Crippen molar-refractivity contribution in [3.63, 3.8) is 0 Å². The maximum atomic E-state index is 15.3. The van der Waals surface area contributed by atoms with Gasteiger partial charge in [-0.2, -0.15) is 0 Å². The summed E-state index contributed by atoms with van der Waals surface area (Å²) < 4.78 is 42.3. The van der Waals surface area contributed by atoms with Crippen molar-refractivity contribution in [1.82, 2.24) is 0 Å². The lowest BCUT2D eigenvalue weighted by molar-refractivity contribution is 0.156. The first-order valence-corrected chi connectivity index (χ1v) is 15.3. The minimum absolute atomic E-state index is 0.0405. The molecule has 0 N–H and O–H groups in total. The van der Waals surface area contributed by atoms with Crippen molar-refractivity contribution < 1.29 is 13.2 Å². The lowest BCUT2D eigenvalue weighted by atomic mass is 9.68. The maximum Gasteiger partial charge on any atom is 0.159 e. The molecule has 5 rings (SSSR count). The van der Waals surface area contributed by atoms with Crippen LogP contribution in [0.15, 0.2) is 36.4 Å². The Hall–Kier alpha value is -1.77. The van der Waals surface area contributed by atoms with E-state index in [1.807, 2.05) is 6.07 Å². The van der Waals surface area contributed by atoms with Gasteiger partial charge in [0, 0.05) is 0 Å². The van der Waals surface area contributed by atoms with Crippen molar-refractivity contribution in [1.29, 1.82) is 0 Å². The van der Waals surface area contributed by atoms with E-state index < -0.39 is 11.6 Å². The minimum Gasteiger partial charge on any atom is -0.207 e. The van der Waals surface area contributed by atoms with E-state index >= 15 is 4.39 Å². The molecule has 0 amide bonds. The third kappa shape index (κ3) is 6.45. The van der Waals surface area contributed by atoms with Gasteiger partial charge in [0.1, 0.15) is 5.82 Å². The Morgan fingerprint density at radius 1 is 0.568 bits per heavy atom. The van der Waals surface area contributed by atoms with Crippen LogP contribution in [0.2, 0.25) is 0 Å². The molecule has 0 aliphatic heterocycles. The van der Waals surface area contributed by atoms with Crippen LogP contribution in [0, 0.1) is 35.2 Å². The molecule has 0 spiro atoms. The van der Waals surface area contributed by atoms with Crippen molar-refractivity contribution in [2.24, 2.45) is 17.8 Å². The van der Waals surface area contributed by atoms with Crippen LogP contribution >= 0.6 is 0 Å². The van der Waals surface area contributed by atoms with Crippen molar-refractivity contribution in [2.45, 2.75) is 121 Å². The molecule has 3 heteroatoms. The Morgan fingerprint density at radius 2 is 1.08 bits per heavy atom. The summed E-state index contributed by atoms with van der Waals surface area (Å²) >= 11 is 0. The summed E-state index contributed by atoms with van der Waals surface area (Å²) in [6.45, 7) is 2.30. The van der Waals surface area contributed by atoms with E-state index in [-0.39, 0.29) is 17.7 Å². The topological polar surface area (TPSA) is 0 Å². The fourth-order valence-corrected chi connectivity index (χ4v) is 8.00. The molecule has 0 radical (unpaired) electrons. The average Bonchev–Trinajstić information content (AvgIpc) is 2.94. The second-order valence-corrected chi connectivity index (χ2v) is 12.5. The summed E-state index contributed by atoms with van der Waals surface area (Å²) in [6, 6.07) is 10.3. The molecule has 0 heterocycles. The molecule has 37 heavy (non-hydrogen) atoms. The smallest absolute Gasteiger partial charge is 0.159 e. The summed E-state index contributed by atoms with van der Waals surface area (Å²) in [7, 11) is 0. The Balaban J connectivity index is 1.11. The number of unbranched alkanes of at least 4 members (excludes halogenated alkanes) is 1. The molecule has 0 bridgehead atoms. The normalized spacial score (nSPS) is 30.8. The zero-order chi connectivity index (χ0) is 25.8. The fourth-order valence-electron chi connectivity index (χ4n) is 8.00. The fraction of sp³-hybridized carbons (Fsp3) is 0.647. The van der Waals surface area contributed by atoms with Gasteiger partial charge in [0.05, 0.1) is 0 Å². The Bertz CT molecular complexity index is 1010. The number of halogens is 3. The second kappa shape index (κ2) is 12.4. The van der Waals surface area contributed by atoms with Crippen LogP contribution in [0.1, 0.15) is 138 Å². The van der Waals surface area contributed by atoms with Gasteiger partial charge in [-0.15, -0.1) is 0 Å². The first-order chi connectivity index (χ1) is 18.0.